The highest BCUT2D eigenvalue weighted by Gasteiger charge is 2.12. The van der Waals surface area contributed by atoms with Crippen LogP contribution in [0.4, 0.5) is 5.13 Å². The number of hydrogen-bond donors (Lipinski definition) is 1. The summed E-state index contributed by atoms with van der Waals surface area (Å²) in [5.74, 6) is 0. The van der Waals surface area contributed by atoms with Crippen LogP contribution < -0.4 is 5.32 Å². The highest BCUT2D eigenvalue weighted by atomic mass is 79.9. The number of nitrogens with one attached hydrogen (secondary N) is 1. The predicted molar refractivity (Wildman–Crippen MR) is 69.5 cm³/mol. The van der Waals surface area contributed by atoms with Crippen LogP contribution in [0, 0.1) is 11.3 Å². The Morgan fingerprint density at radius 3 is 2.94 bits per heavy atom. The van der Waals surface area contributed by atoms with Crippen LogP contribution in [-0.4, -0.2) is 12.0 Å². The van der Waals surface area contributed by atoms with Gasteiger partial charge in [0.2, 0.25) is 0 Å². The molecule has 0 aliphatic heterocycles. The first-order chi connectivity index (χ1) is 7.74. The average molecular weight is 294 g/mol. The van der Waals surface area contributed by atoms with E-state index in [2.05, 4.69) is 32.3 Å². The summed E-state index contributed by atoms with van der Waals surface area (Å²) in [6.45, 7) is 0. The van der Waals surface area contributed by atoms with Gasteiger partial charge in [0.05, 0.1) is 0 Å². The molecule has 0 atom stereocenters. The summed E-state index contributed by atoms with van der Waals surface area (Å²) < 4.78 is 0.980. The summed E-state index contributed by atoms with van der Waals surface area (Å²) in [4.78, 5) is 5.00. The van der Waals surface area contributed by atoms with Gasteiger partial charge in [-0.15, -0.1) is 0 Å². The molecule has 0 aliphatic carbocycles. The molecule has 16 heavy (non-hydrogen) atoms. The topological polar surface area (TPSA) is 48.7 Å². The largest absolute Gasteiger partial charge is 0.365 e. The van der Waals surface area contributed by atoms with Crippen molar-refractivity contribution in [3.63, 3.8) is 0 Å². The minimum absolute atomic E-state index is 0.627. The molecule has 0 fully saturated rings. The molecule has 80 valence electrons. The second kappa shape index (κ2) is 4.64. The number of hydrogen-bond acceptors (Lipinski definition) is 4. The molecule has 1 aromatic heterocycles. The van der Waals surface area contributed by atoms with Crippen molar-refractivity contribution >= 4 is 32.4 Å². The monoisotopic (exact) mass is 293 g/mol. The maximum atomic E-state index is 9.04. The van der Waals surface area contributed by atoms with Gasteiger partial charge in [0.1, 0.15) is 16.6 Å². The van der Waals surface area contributed by atoms with E-state index in [0.29, 0.717) is 4.88 Å². The van der Waals surface area contributed by atoms with Crippen LogP contribution in [0.1, 0.15) is 4.88 Å². The third-order valence-corrected chi connectivity index (χ3v) is 3.51. The number of rotatable bonds is 2. The Morgan fingerprint density at radius 1 is 1.50 bits per heavy atom. The van der Waals surface area contributed by atoms with Crippen molar-refractivity contribution in [3.05, 3.63) is 33.6 Å². The molecule has 0 saturated heterocycles. The standard InChI is InChI=1S/C11H8BrN3S/c1-14-11-15-10(9(6-13)16-11)7-3-2-4-8(12)5-7/h2-5H,1H3,(H,14,15). The third kappa shape index (κ3) is 2.08. The lowest BCUT2D eigenvalue weighted by molar-refractivity contribution is 1.35. The SMILES string of the molecule is CNc1nc(-c2cccc(Br)c2)c(C#N)s1. The van der Waals surface area contributed by atoms with Crippen molar-refractivity contribution in [3.8, 4) is 17.3 Å². The van der Waals surface area contributed by atoms with E-state index in [0.717, 1.165) is 20.9 Å². The number of nitrogens with zero attached hydrogens (tertiary/aromatic N) is 2. The third-order valence-electron chi connectivity index (χ3n) is 2.04. The maximum Gasteiger partial charge on any atom is 0.184 e. The van der Waals surface area contributed by atoms with Crippen LogP contribution in [0.25, 0.3) is 11.3 Å². The minimum Gasteiger partial charge on any atom is -0.365 e. The minimum atomic E-state index is 0.627. The maximum absolute atomic E-state index is 9.04. The van der Waals surface area contributed by atoms with Gasteiger partial charge < -0.3 is 5.32 Å². The summed E-state index contributed by atoms with van der Waals surface area (Å²) in [5.41, 5.74) is 1.68. The highest BCUT2D eigenvalue weighted by molar-refractivity contribution is 9.10. The van der Waals surface area contributed by atoms with Gasteiger partial charge in [-0.1, -0.05) is 39.4 Å². The molecule has 1 aromatic carbocycles. The van der Waals surface area contributed by atoms with Crippen molar-refractivity contribution < 1.29 is 0 Å². The summed E-state index contributed by atoms with van der Waals surface area (Å²) >= 11 is 4.77. The first-order valence-corrected chi connectivity index (χ1v) is 6.20. The van der Waals surface area contributed by atoms with E-state index in [-0.39, 0.29) is 0 Å². The molecule has 1 heterocycles. The zero-order valence-corrected chi connectivity index (χ0v) is 10.9. The predicted octanol–water partition coefficient (Wildman–Crippen LogP) is 3.49. The van der Waals surface area contributed by atoms with Crippen LogP contribution in [-0.2, 0) is 0 Å². The van der Waals surface area contributed by atoms with E-state index < -0.39 is 0 Å². The molecule has 0 bridgehead atoms. The second-order valence-electron chi connectivity index (χ2n) is 3.07. The Balaban J connectivity index is 2.55. The van der Waals surface area contributed by atoms with Crippen molar-refractivity contribution in [2.45, 2.75) is 0 Å². The number of aromatic nitrogens is 1. The normalized spacial score (nSPS) is 9.81. The molecule has 0 spiro atoms. The molecule has 0 radical (unpaired) electrons. The first kappa shape index (κ1) is 11.1. The van der Waals surface area contributed by atoms with Crippen LogP contribution in [0.2, 0.25) is 0 Å². The van der Waals surface area contributed by atoms with Gasteiger partial charge in [0, 0.05) is 17.1 Å². The molecule has 5 heteroatoms. The smallest absolute Gasteiger partial charge is 0.184 e. The molecule has 0 unspecified atom stereocenters. The van der Waals surface area contributed by atoms with Gasteiger partial charge in [0.25, 0.3) is 0 Å². The van der Waals surface area contributed by atoms with E-state index in [1.165, 1.54) is 11.3 Å². The van der Waals surface area contributed by atoms with E-state index in [1.807, 2.05) is 24.3 Å². The van der Waals surface area contributed by atoms with E-state index in [9.17, 15) is 0 Å². The Morgan fingerprint density at radius 2 is 2.31 bits per heavy atom. The van der Waals surface area contributed by atoms with E-state index in [1.54, 1.807) is 7.05 Å². The van der Waals surface area contributed by atoms with Gasteiger partial charge in [-0.25, -0.2) is 4.98 Å². The molecular weight excluding hydrogens is 286 g/mol. The van der Waals surface area contributed by atoms with Crippen LogP contribution in [0.15, 0.2) is 28.7 Å². The Kier molecular flexibility index (Phi) is 3.22. The molecule has 1 N–H and O–H groups in total. The van der Waals surface area contributed by atoms with Gasteiger partial charge in [-0.2, -0.15) is 5.26 Å². The summed E-state index contributed by atoms with van der Waals surface area (Å²) in [7, 11) is 1.80. The van der Waals surface area contributed by atoms with Crippen LogP contribution >= 0.6 is 27.3 Å². The zero-order valence-electron chi connectivity index (χ0n) is 8.49. The Bertz CT molecular complexity index is 557. The molecule has 2 rings (SSSR count). The first-order valence-electron chi connectivity index (χ1n) is 4.59. The van der Waals surface area contributed by atoms with Crippen molar-refractivity contribution in [1.29, 1.82) is 5.26 Å². The fraction of sp³-hybridized carbons (Fsp3) is 0.0909. The summed E-state index contributed by atoms with van der Waals surface area (Å²) in [6, 6.07) is 9.94. The molecule has 0 aliphatic rings. The number of nitriles is 1. The van der Waals surface area contributed by atoms with E-state index in [4.69, 9.17) is 5.26 Å². The average Bonchev–Trinajstić information content (AvgIpc) is 2.72. The van der Waals surface area contributed by atoms with Crippen molar-refractivity contribution in [2.24, 2.45) is 0 Å². The van der Waals surface area contributed by atoms with Crippen LogP contribution in [0.5, 0.6) is 0 Å². The van der Waals surface area contributed by atoms with Gasteiger partial charge >= 0.3 is 0 Å². The quantitative estimate of drug-likeness (QED) is 0.922. The van der Waals surface area contributed by atoms with Gasteiger partial charge in [-0.3, -0.25) is 0 Å². The van der Waals surface area contributed by atoms with E-state index >= 15 is 0 Å². The zero-order chi connectivity index (χ0) is 11.5. The summed E-state index contributed by atoms with van der Waals surface area (Å²) in [6.07, 6.45) is 0. The fourth-order valence-electron chi connectivity index (χ4n) is 1.33. The highest BCUT2D eigenvalue weighted by Crippen LogP contribution is 2.31. The number of thiazole rings is 1. The number of anilines is 1. The molecule has 2 aromatic rings. The Hall–Kier alpha value is -1.38. The van der Waals surface area contributed by atoms with Gasteiger partial charge in [0.15, 0.2) is 5.13 Å². The number of halogens is 1. The van der Waals surface area contributed by atoms with Gasteiger partial charge in [-0.05, 0) is 12.1 Å². The molecule has 0 saturated carbocycles. The lowest BCUT2D eigenvalue weighted by Gasteiger charge is -1.97. The molecule has 0 amide bonds. The molecule has 3 nitrogen and oxygen atoms in total. The summed E-state index contributed by atoms with van der Waals surface area (Å²) in [5, 5.41) is 12.7. The van der Waals surface area contributed by atoms with Crippen LogP contribution in [0.3, 0.4) is 0 Å². The number of benzene rings is 1. The fourth-order valence-corrected chi connectivity index (χ4v) is 2.47. The molecular formula is C11H8BrN3S. The second-order valence-corrected chi connectivity index (χ2v) is 4.98. The lowest BCUT2D eigenvalue weighted by atomic mass is 10.1. The lowest BCUT2D eigenvalue weighted by Crippen LogP contribution is -1.86. The van der Waals surface area contributed by atoms with Crippen molar-refractivity contribution in [2.75, 3.05) is 12.4 Å². The Labute approximate surface area is 106 Å². The van der Waals surface area contributed by atoms with Crippen molar-refractivity contribution in [1.82, 2.24) is 4.98 Å².